The summed E-state index contributed by atoms with van der Waals surface area (Å²) < 4.78 is 10.8. The Morgan fingerprint density at radius 3 is 2.71 bits per heavy atom. The fourth-order valence-electron chi connectivity index (χ4n) is 3.72. The van der Waals surface area contributed by atoms with Gasteiger partial charge >= 0.3 is 0 Å². The molecule has 0 aliphatic carbocycles. The summed E-state index contributed by atoms with van der Waals surface area (Å²) in [4.78, 5) is 27.0. The van der Waals surface area contributed by atoms with E-state index in [0.717, 1.165) is 28.1 Å². The zero-order valence-electron chi connectivity index (χ0n) is 17.7. The van der Waals surface area contributed by atoms with E-state index in [-0.39, 0.29) is 18.4 Å². The lowest BCUT2D eigenvalue weighted by molar-refractivity contribution is -0.133. The number of carbonyl (C=O) groups excluding carboxylic acids is 2. The van der Waals surface area contributed by atoms with Gasteiger partial charge in [-0.3, -0.25) is 9.59 Å². The highest BCUT2D eigenvalue weighted by molar-refractivity contribution is 5.94. The molecule has 1 aliphatic rings. The second-order valence-corrected chi connectivity index (χ2v) is 7.66. The lowest BCUT2D eigenvalue weighted by Crippen LogP contribution is -2.31. The van der Waals surface area contributed by atoms with E-state index in [0.29, 0.717) is 37.4 Å². The Kier molecular flexibility index (Phi) is 6.02. The zero-order chi connectivity index (χ0) is 21.8. The van der Waals surface area contributed by atoms with E-state index >= 15 is 0 Å². The van der Waals surface area contributed by atoms with Crippen LogP contribution < -0.4 is 10.1 Å². The molecule has 2 aromatic carbocycles. The number of aromatic nitrogens is 1. The summed E-state index contributed by atoms with van der Waals surface area (Å²) in [6.45, 7) is 5.12. The molecule has 0 radical (unpaired) electrons. The van der Waals surface area contributed by atoms with E-state index in [9.17, 15) is 9.59 Å². The molecule has 2 heterocycles. The predicted octanol–water partition coefficient (Wildman–Crippen LogP) is 3.19. The number of amides is 2. The minimum absolute atomic E-state index is 0.0111. The average Bonchev–Trinajstić information content (AvgIpc) is 3.01. The first-order valence-corrected chi connectivity index (χ1v) is 10.3. The molecule has 0 bridgehead atoms. The van der Waals surface area contributed by atoms with E-state index in [2.05, 4.69) is 10.5 Å². The van der Waals surface area contributed by atoms with Crippen LogP contribution in [0.15, 0.2) is 53.1 Å². The highest BCUT2D eigenvalue weighted by Gasteiger charge is 2.23. The fraction of sp³-hybridized carbons (Fsp3) is 0.292. The molecule has 0 unspecified atom stereocenters. The van der Waals surface area contributed by atoms with Gasteiger partial charge in [-0.1, -0.05) is 35.5 Å². The van der Waals surface area contributed by atoms with E-state index in [1.807, 2.05) is 44.2 Å². The SMILES string of the molecule is Cc1noc(C)c1CCNC(=O)c1ccc2c(c1)CN(Cc1ccccc1)C(=O)CO2. The Hall–Kier alpha value is -3.61. The molecule has 160 valence electrons. The minimum atomic E-state index is -0.167. The average molecular weight is 419 g/mol. The summed E-state index contributed by atoms with van der Waals surface area (Å²) in [5.74, 6) is 1.17. The van der Waals surface area contributed by atoms with Gasteiger partial charge in [0.15, 0.2) is 6.61 Å². The number of hydrogen-bond donors (Lipinski definition) is 1. The number of rotatable bonds is 6. The molecule has 3 aromatic rings. The van der Waals surface area contributed by atoms with Crippen LogP contribution in [0.5, 0.6) is 5.75 Å². The summed E-state index contributed by atoms with van der Waals surface area (Å²) in [6, 6.07) is 15.1. The number of ether oxygens (including phenoxy) is 1. The van der Waals surface area contributed by atoms with Crippen LogP contribution in [0.25, 0.3) is 0 Å². The Balaban J connectivity index is 1.44. The maximum Gasteiger partial charge on any atom is 0.261 e. The van der Waals surface area contributed by atoms with Crippen LogP contribution in [0.3, 0.4) is 0 Å². The number of fused-ring (bicyclic) bond motifs is 1. The summed E-state index contributed by atoms with van der Waals surface area (Å²) in [6.07, 6.45) is 0.653. The van der Waals surface area contributed by atoms with Crippen molar-refractivity contribution in [1.82, 2.24) is 15.4 Å². The molecule has 0 saturated carbocycles. The number of aryl methyl sites for hydroxylation is 2. The largest absolute Gasteiger partial charge is 0.483 e. The van der Waals surface area contributed by atoms with Gasteiger partial charge in [-0.25, -0.2) is 0 Å². The van der Waals surface area contributed by atoms with Gasteiger partial charge in [0.1, 0.15) is 11.5 Å². The number of benzene rings is 2. The van der Waals surface area contributed by atoms with Gasteiger partial charge in [-0.2, -0.15) is 0 Å². The van der Waals surface area contributed by atoms with E-state index in [1.54, 1.807) is 23.1 Å². The molecule has 0 atom stereocenters. The summed E-state index contributed by atoms with van der Waals surface area (Å²) >= 11 is 0. The predicted molar refractivity (Wildman–Crippen MR) is 115 cm³/mol. The molecule has 1 aromatic heterocycles. The van der Waals surface area contributed by atoms with Crippen LogP contribution in [-0.4, -0.2) is 35.0 Å². The second-order valence-electron chi connectivity index (χ2n) is 7.66. The number of carbonyl (C=O) groups is 2. The zero-order valence-corrected chi connectivity index (χ0v) is 17.7. The quantitative estimate of drug-likeness (QED) is 0.663. The van der Waals surface area contributed by atoms with Crippen LogP contribution in [0.1, 0.15) is 38.5 Å². The van der Waals surface area contributed by atoms with Crippen molar-refractivity contribution in [1.29, 1.82) is 0 Å². The van der Waals surface area contributed by atoms with Crippen molar-refractivity contribution in [3.05, 3.63) is 82.2 Å². The molecule has 1 aliphatic heterocycles. The van der Waals surface area contributed by atoms with Crippen molar-refractivity contribution >= 4 is 11.8 Å². The van der Waals surface area contributed by atoms with Crippen LogP contribution in [0, 0.1) is 13.8 Å². The van der Waals surface area contributed by atoms with Crippen LogP contribution in [-0.2, 0) is 24.3 Å². The van der Waals surface area contributed by atoms with Crippen molar-refractivity contribution in [2.45, 2.75) is 33.4 Å². The molecule has 7 heteroatoms. The third-order valence-electron chi connectivity index (χ3n) is 5.45. The molecule has 4 rings (SSSR count). The third kappa shape index (κ3) is 4.77. The van der Waals surface area contributed by atoms with Gasteiger partial charge in [-0.05, 0) is 44.0 Å². The maximum atomic E-state index is 12.7. The van der Waals surface area contributed by atoms with Crippen LogP contribution >= 0.6 is 0 Å². The monoisotopic (exact) mass is 419 g/mol. The highest BCUT2D eigenvalue weighted by atomic mass is 16.5. The van der Waals surface area contributed by atoms with Crippen LogP contribution in [0.2, 0.25) is 0 Å². The second kappa shape index (κ2) is 9.04. The van der Waals surface area contributed by atoms with Crippen molar-refractivity contribution in [2.75, 3.05) is 13.2 Å². The molecule has 0 fully saturated rings. The fourth-order valence-corrected chi connectivity index (χ4v) is 3.72. The van der Waals surface area contributed by atoms with Crippen LogP contribution in [0.4, 0.5) is 0 Å². The first-order chi connectivity index (χ1) is 15.0. The summed E-state index contributed by atoms with van der Waals surface area (Å²) in [5, 5.41) is 6.88. The molecule has 0 saturated heterocycles. The van der Waals surface area contributed by atoms with E-state index < -0.39 is 0 Å². The number of nitrogens with one attached hydrogen (secondary N) is 1. The van der Waals surface area contributed by atoms with Crippen molar-refractivity contribution in [3.63, 3.8) is 0 Å². The first-order valence-electron chi connectivity index (χ1n) is 10.3. The third-order valence-corrected chi connectivity index (χ3v) is 5.45. The Morgan fingerprint density at radius 1 is 1.16 bits per heavy atom. The van der Waals surface area contributed by atoms with Gasteiger partial charge < -0.3 is 19.5 Å². The standard InChI is InChI=1S/C24H25N3O4/c1-16-21(17(2)31-26-16)10-11-25-24(29)19-8-9-22-20(12-19)14-27(23(28)15-30-22)13-18-6-4-3-5-7-18/h3-9,12H,10-11,13-15H2,1-2H3,(H,25,29). The lowest BCUT2D eigenvalue weighted by atomic mass is 10.1. The van der Waals surface area contributed by atoms with Gasteiger partial charge in [0.25, 0.3) is 11.8 Å². The van der Waals surface area contributed by atoms with Gasteiger partial charge in [0, 0.05) is 36.3 Å². The molecule has 7 nitrogen and oxygen atoms in total. The summed E-state index contributed by atoms with van der Waals surface area (Å²) in [5.41, 5.74) is 4.27. The molecule has 31 heavy (non-hydrogen) atoms. The van der Waals surface area contributed by atoms with E-state index in [4.69, 9.17) is 9.26 Å². The van der Waals surface area contributed by atoms with Gasteiger partial charge in [-0.15, -0.1) is 0 Å². The number of hydrogen-bond acceptors (Lipinski definition) is 5. The highest BCUT2D eigenvalue weighted by Crippen LogP contribution is 2.26. The first kappa shape index (κ1) is 20.7. The van der Waals surface area contributed by atoms with Crippen molar-refractivity contribution in [3.8, 4) is 5.75 Å². The lowest BCUT2D eigenvalue weighted by Gasteiger charge is -2.20. The normalized spacial score (nSPS) is 13.4. The topological polar surface area (TPSA) is 84.7 Å². The maximum absolute atomic E-state index is 12.7. The van der Waals surface area contributed by atoms with Gasteiger partial charge in [0.2, 0.25) is 0 Å². The Bertz CT molecular complexity index is 1070. The Labute approximate surface area is 181 Å². The molecule has 0 spiro atoms. The van der Waals surface area contributed by atoms with Gasteiger partial charge in [0.05, 0.1) is 5.69 Å². The van der Waals surface area contributed by atoms with E-state index in [1.165, 1.54) is 0 Å². The molecule has 2 amide bonds. The van der Waals surface area contributed by atoms with Crippen molar-refractivity contribution in [2.24, 2.45) is 0 Å². The Morgan fingerprint density at radius 2 is 1.97 bits per heavy atom. The number of nitrogens with zero attached hydrogens (tertiary/aromatic N) is 2. The van der Waals surface area contributed by atoms with Crippen molar-refractivity contribution < 1.29 is 18.8 Å². The smallest absolute Gasteiger partial charge is 0.261 e. The summed E-state index contributed by atoms with van der Waals surface area (Å²) in [7, 11) is 0. The molecule has 1 N–H and O–H groups in total. The minimum Gasteiger partial charge on any atom is -0.483 e. The molecular formula is C24H25N3O4. The molecular weight excluding hydrogens is 394 g/mol.